The van der Waals surface area contributed by atoms with E-state index in [1.165, 1.54) is 49.6 Å². The second kappa shape index (κ2) is 9.29. The Labute approximate surface area is 196 Å². The second-order valence-corrected chi connectivity index (χ2v) is 9.62. The maximum Gasteiger partial charge on any atom is 0.339 e. The Hall–Kier alpha value is -3.30. The lowest BCUT2D eigenvalue weighted by Crippen LogP contribution is -2.32. The van der Waals surface area contributed by atoms with E-state index in [1.54, 1.807) is 23.1 Å². The van der Waals surface area contributed by atoms with Crippen LogP contribution in [0.15, 0.2) is 70.2 Å². The number of furan rings is 1. The second-order valence-electron chi connectivity index (χ2n) is 7.64. The first-order valence-corrected chi connectivity index (χ1v) is 12.0. The summed E-state index contributed by atoms with van der Waals surface area (Å²) in [6, 6.07) is 13.4. The smallest absolute Gasteiger partial charge is 0.339 e. The third-order valence-corrected chi connectivity index (χ3v) is 6.49. The van der Waals surface area contributed by atoms with E-state index in [0.29, 0.717) is 16.3 Å². The Bertz CT molecular complexity index is 1270. The van der Waals surface area contributed by atoms with Crippen LogP contribution in [0.1, 0.15) is 35.9 Å². The molecule has 1 fully saturated rings. The van der Waals surface area contributed by atoms with Crippen LogP contribution in [-0.4, -0.2) is 31.2 Å². The Balaban J connectivity index is 1.59. The molecule has 1 aliphatic rings. The van der Waals surface area contributed by atoms with Crippen LogP contribution in [0.25, 0.3) is 0 Å². The number of rotatable bonds is 8. The van der Waals surface area contributed by atoms with Gasteiger partial charge in [0.1, 0.15) is 10.6 Å². The van der Waals surface area contributed by atoms with Crippen molar-refractivity contribution in [2.24, 2.45) is 0 Å². The van der Waals surface area contributed by atoms with Gasteiger partial charge in [-0.1, -0.05) is 11.6 Å². The number of carbonyl (C=O) groups excluding carboxylic acids is 2. The van der Waals surface area contributed by atoms with Gasteiger partial charge in [0, 0.05) is 29.2 Å². The van der Waals surface area contributed by atoms with Crippen molar-refractivity contribution < 1.29 is 26.6 Å². The third-order valence-electron chi connectivity index (χ3n) is 5.01. The van der Waals surface area contributed by atoms with Gasteiger partial charge in [-0.2, -0.15) is 8.42 Å². The summed E-state index contributed by atoms with van der Waals surface area (Å²) in [5.41, 5.74) is 0.915. The van der Waals surface area contributed by atoms with Crippen molar-refractivity contribution in [2.45, 2.75) is 37.2 Å². The number of benzene rings is 2. The molecule has 0 spiro atoms. The highest BCUT2D eigenvalue weighted by Gasteiger charge is 2.35. The predicted molar refractivity (Wildman–Crippen MR) is 122 cm³/mol. The normalized spacial score (nSPS) is 13.4. The van der Waals surface area contributed by atoms with E-state index in [9.17, 15) is 18.0 Å². The lowest BCUT2D eigenvalue weighted by molar-refractivity contribution is -0.114. The first-order valence-electron chi connectivity index (χ1n) is 10.2. The van der Waals surface area contributed by atoms with Gasteiger partial charge in [0.15, 0.2) is 5.76 Å². The molecule has 1 saturated carbocycles. The zero-order valence-corrected chi connectivity index (χ0v) is 19.2. The maximum atomic E-state index is 12.9. The van der Waals surface area contributed by atoms with Crippen LogP contribution >= 0.6 is 11.6 Å². The van der Waals surface area contributed by atoms with Crippen LogP contribution in [0.4, 0.5) is 5.69 Å². The van der Waals surface area contributed by atoms with Crippen molar-refractivity contribution in [3.8, 4) is 5.75 Å². The summed E-state index contributed by atoms with van der Waals surface area (Å²) >= 11 is 6.16. The van der Waals surface area contributed by atoms with E-state index in [4.69, 9.17) is 20.2 Å². The highest BCUT2D eigenvalue weighted by molar-refractivity contribution is 7.87. The minimum absolute atomic E-state index is 0.0346. The van der Waals surface area contributed by atoms with Crippen LogP contribution in [-0.2, 0) is 21.5 Å². The molecule has 0 saturated heterocycles. The fourth-order valence-corrected chi connectivity index (χ4v) is 4.46. The van der Waals surface area contributed by atoms with E-state index in [0.717, 1.165) is 12.8 Å². The van der Waals surface area contributed by atoms with Crippen LogP contribution < -0.4 is 9.50 Å². The van der Waals surface area contributed by atoms with E-state index in [-0.39, 0.29) is 40.8 Å². The van der Waals surface area contributed by atoms with Crippen molar-refractivity contribution in [3.05, 3.63) is 77.2 Å². The summed E-state index contributed by atoms with van der Waals surface area (Å²) in [7, 11) is -4.18. The van der Waals surface area contributed by atoms with Crippen LogP contribution in [0.3, 0.4) is 0 Å². The van der Waals surface area contributed by atoms with Gasteiger partial charge >= 0.3 is 10.1 Å². The fraction of sp³-hybridized carbons (Fsp3) is 0.217. The number of nitrogens with one attached hydrogen (secondary N) is 1. The summed E-state index contributed by atoms with van der Waals surface area (Å²) in [4.78, 5) is 25.6. The number of hydrogen-bond donors (Lipinski definition) is 1. The van der Waals surface area contributed by atoms with Gasteiger partial charge in [0.25, 0.3) is 5.91 Å². The highest BCUT2D eigenvalue weighted by atomic mass is 35.5. The average Bonchev–Trinajstić information content (AvgIpc) is 3.45. The van der Waals surface area contributed by atoms with Crippen molar-refractivity contribution in [1.29, 1.82) is 0 Å². The van der Waals surface area contributed by atoms with E-state index in [1.807, 2.05) is 0 Å². The molecule has 1 aromatic heterocycles. The predicted octanol–water partition coefficient (Wildman–Crippen LogP) is 4.46. The SMILES string of the molecule is CC(=O)Nc1ccc(S(=O)(=O)Oc2ccc(Cl)cc2CN(C(=O)c2ccco2)C2CC2)cc1. The summed E-state index contributed by atoms with van der Waals surface area (Å²) in [5.74, 6) is -0.275. The molecule has 0 atom stereocenters. The van der Waals surface area contributed by atoms with Crippen molar-refractivity contribution >= 4 is 39.2 Å². The molecule has 0 unspecified atom stereocenters. The highest BCUT2D eigenvalue weighted by Crippen LogP contribution is 2.34. The third kappa shape index (κ3) is 5.55. The molecule has 1 aliphatic carbocycles. The molecule has 0 aliphatic heterocycles. The summed E-state index contributed by atoms with van der Waals surface area (Å²) in [6.07, 6.45) is 3.13. The quantitative estimate of drug-likeness (QED) is 0.469. The summed E-state index contributed by atoms with van der Waals surface area (Å²) in [6.45, 7) is 1.47. The average molecular weight is 489 g/mol. The first kappa shape index (κ1) is 22.9. The minimum Gasteiger partial charge on any atom is -0.459 e. The van der Waals surface area contributed by atoms with E-state index >= 15 is 0 Å². The molecule has 1 N–H and O–H groups in total. The molecular weight excluding hydrogens is 468 g/mol. The maximum absolute atomic E-state index is 12.9. The molecule has 10 heteroatoms. The van der Waals surface area contributed by atoms with Gasteiger partial charge in [-0.05, 0) is 67.4 Å². The summed E-state index contributed by atoms with van der Waals surface area (Å²) in [5, 5.41) is 2.96. The van der Waals surface area contributed by atoms with Gasteiger partial charge in [-0.15, -0.1) is 0 Å². The largest absolute Gasteiger partial charge is 0.459 e. The van der Waals surface area contributed by atoms with E-state index in [2.05, 4.69) is 5.32 Å². The Kier molecular flexibility index (Phi) is 6.44. The van der Waals surface area contributed by atoms with Crippen molar-refractivity contribution in [1.82, 2.24) is 4.90 Å². The standard InChI is InChI=1S/C23H21ClN2O6S/c1-15(27)25-18-5-9-20(10-6-18)33(29,30)32-21-11-4-17(24)13-16(21)14-26(19-7-8-19)23(28)22-3-2-12-31-22/h2-6,9-13,19H,7-8,14H2,1H3,(H,25,27). The summed E-state index contributed by atoms with van der Waals surface area (Å²) < 4.78 is 36.5. The zero-order chi connectivity index (χ0) is 23.6. The molecule has 0 bridgehead atoms. The number of anilines is 1. The monoisotopic (exact) mass is 488 g/mol. The van der Waals surface area contributed by atoms with Gasteiger partial charge in [0.2, 0.25) is 5.91 Å². The van der Waals surface area contributed by atoms with Gasteiger partial charge in [-0.25, -0.2) is 0 Å². The molecule has 3 aromatic rings. The molecule has 33 heavy (non-hydrogen) atoms. The number of nitrogens with zero attached hydrogens (tertiary/aromatic N) is 1. The Morgan fingerprint density at radius 1 is 1.15 bits per heavy atom. The Morgan fingerprint density at radius 3 is 2.48 bits per heavy atom. The van der Waals surface area contributed by atoms with Crippen molar-refractivity contribution in [3.63, 3.8) is 0 Å². The molecular formula is C23H21ClN2O6S. The van der Waals surface area contributed by atoms with Crippen LogP contribution in [0.2, 0.25) is 5.02 Å². The number of hydrogen-bond acceptors (Lipinski definition) is 6. The van der Waals surface area contributed by atoms with Gasteiger partial charge in [-0.3, -0.25) is 9.59 Å². The Morgan fingerprint density at radius 2 is 1.88 bits per heavy atom. The van der Waals surface area contributed by atoms with E-state index < -0.39 is 10.1 Å². The van der Waals surface area contributed by atoms with Crippen LogP contribution in [0, 0.1) is 0 Å². The molecule has 2 aromatic carbocycles. The molecule has 4 rings (SSSR count). The fourth-order valence-electron chi connectivity index (χ4n) is 3.31. The molecule has 8 nitrogen and oxygen atoms in total. The van der Waals surface area contributed by atoms with Gasteiger partial charge in [0.05, 0.1) is 12.8 Å². The first-order chi connectivity index (χ1) is 15.7. The molecule has 1 heterocycles. The zero-order valence-electron chi connectivity index (χ0n) is 17.7. The molecule has 2 amide bonds. The lowest BCUT2D eigenvalue weighted by Gasteiger charge is -2.23. The van der Waals surface area contributed by atoms with Crippen molar-refractivity contribution in [2.75, 3.05) is 5.32 Å². The lowest BCUT2D eigenvalue weighted by atomic mass is 10.1. The molecule has 0 radical (unpaired) electrons. The topological polar surface area (TPSA) is 106 Å². The number of halogens is 1. The number of carbonyl (C=O) groups is 2. The minimum atomic E-state index is -4.18. The number of amides is 2. The van der Waals surface area contributed by atoms with Gasteiger partial charge < -0.3 is 18.8 Å². The van der Waals surface area contributed by atoms with Crippen LogP contribution in [0.5, 0.6) is 5.75 Å². The molecule has 172 valence electrons.